The predicted octanol–water partition coefficient (Wildman–Crippen LogP) is 5.54. The lowest BCUT2D eigenvalue weighted by Gasteiger charge is -2.16. The molecule has 0 aliphatic carbocycles. The summed E-state index contributed by atoms with van der Waals surface area (Å²) in [7, 11) is 2.06. The highest BCUT2D eigenvalue weighted by atomic mass is 14.8. The minimum atomic E-state index is 1.02. The molecule has 1 N–H and O–H groups in total. The molecule has 0 saturated heterocycles. The van der Waals surface area contributed by atoms with Gasteiger partial charge in [0.2, 0.25) is 0 Å². The molecule has 1 atom stereocenters. The van der Waals surface area contributed by atoms with Crippen molar-refractivity contribution in [2.45, 2.75) is 90.9 Å². The summed E-state index contributed by atoms with van der Waals surface area (Å²) >= 11 is 0. The largest absolute Gasteiger partial charge is 0.320 e. The average molecular weight is 255 g/mol. The lowest BCUT2D eigenvalue weighted by Crippen LogP contribution is -2.08. The fourth-order valence-electron chi connectivity index (χ4n) is 2.71. The van der Waals surface area contributed by atoms with E-state index in [1.54, 1.807) is 0 Å². The standard InChI is InChI=1S/C17H37N/c1-4-6-8-10-14-17(13-9-7-5-2)15-11-12-16-18-3/h17-18H,4-16H2,1-3H3. The zero-order valence-corrected chi connectivity index (χ0v) is 13.3. The van der Waals surface area contributed by atoms with E-state index in [-0.39, 0.29) is 0 Å². The molecule has 1 unspecified atom stereocenters. The number of hydrogen-bond acceptors (Lipinski definition) is 1. The van der Waals surface area contributed by atoms with Crippen LogP contribution in [0.5, 0.6) is 0 Å². The average Bonchev–Trinajstić information content (AvgIpc) is 2.39. The highest BCUT2D eigenvalue weighted by Gasteiger charge is 2.08. The van der Waals surface area contributed by atoms with Gasteiger partial charge in [-0.25, -0.2) is 0 Å². The Bertz CT molecular complexity index is 133. The van der Waals surface area contributed by atoms with Gasteiger partial charge in [0.25, 0.3) is 0 Å². The van der Waals surface area contributed by atoms with E-state index in [9.17, 15) is 0 Å². The van der Waals surface area contributed by atoms with E-state index in [1.165, 1.54) is 83.6 Å². The zero-order valence-electron chi connectivity index (χ0n) is 13.3. The molecule has 0 bridgehead atoms. The summed E-state index contributed by atoms with van der Waals surface area (Å²) in [5, 5.41) is 3.25. The van der Waals surface area contributed by atoms with Gasteiger partial charge in [0.05, 0.1) is 0 Å². The van der Waals surface area contributed by atoms with Crippen LogP contribution in [-0.2, 0) is 0 Å². The van der Waals surface area contributed by atoms with Gasteiger partial charge in [-0.15, -0.1) is 0 Å². The van der Waals surface area contributed by atoms with Crippen molar-refractivity contribution < 1.29 is 0 Å². The van der Waals surface area contributed by atoms with Crippen LogP contribution in [0, 0.1) is 5.92 Å². The SMILES string of the molecule is CCCCCCC(CCCCC)CCCCNC. The minimum absolute atomic E-state index is 1.02. The van der Waals surface area contributed by atoms with Crippen LogP contribution >= 0.6 is 0 Å². The summed E-state index contributed by atoms with van der Waals surface area (Å²) in [5.41, 5.74) is 0. The Morgan fingerprint density at radius 3 is 1.72 bits per heavy atom. The molecule has 0 radical (unpaired) electrons. The molecule has 0 aromatic carbocycles. The third kappa shape index (κ3) is 12.4. The molecular formula is C17H37N. The molecule has 18 heavy (non-hydrogen) atoms. The molecule has 0 fully saturated rings. The van der Waals surface area contributed by atoms with Crippen molar-refractivity contribution in [1.29, 1.82) is 0 Å². The molecule has 0 aliphatic heterocycles. The van der Waals surface area contributed by atoms with Gasteiger partial charge < -0.3 is 5.32 Å². The van der Waals surface area contributed by atoms with Crippen LogP contribution in [0.1, 0.15) is 90.9 Å². The molecule has 0 amide bonds. The molecular weight excluding hydrogens is 218 g/mol. The van der Waals surface area contributed by atoms with Crippen molar-refractivity contribution in [3.63, 3.8) is 0 Å². The van der Waals surface area contributed by atoms with Crippen molar-refractivity contribution in [3.05, 3.63) is 0 Å². The van der Waals surface area contributed by atoms with Gasteiger partial charge in [-0.3, -0.25) is 0 Å². The fourth-order valence-corrected chi connectivity index (χ4v) is 2.71. The van der Waals surface area contributed by atoms with Gasteiger partial charge in [-0.05, 0) is 25.9 Å². The Morgan fingerprint density at radius 1 is 0.667 bits per heavy atom. The highest BCUT2D eigenvalue weighted by molar-refractivity contribution is 4.61. The van der Waals surface area contributed by atoms with Crippen LogP contribution < -0.4 is 5.32 Å². The summed E-state index contributed by atoms with van der Waals surface area (Å²) in [6.07, 6.45) is 17.2. The lowest BCUT2D eigenvalue weighted by molar-refractivity contribution is 0.371. The topological polar surface area (TPSA) is 12.0 Å². The van der Waals surface area contributed by atoms with Crippen LogP contribution in [0.2, 0.25) is 0 Å². The van der Waals surface area contributed by atoms with Gasteiger partial charge >= 0.3 is 0 Å². The molecule has 1 nitrogen and oxygen atoms in total. The summed E-state index contributed by atoms with van der Waals surface area (Å²) in [6, 6.07) is 0. The maximum Gasteiger partial charge on any atom is -0.00519 e. The molecule has 0 rings (SSSR count). The first-order valence-corrected chi connectivity index (χ1v) is 8.49. The van der Waals surface area contributed by atoms with Crippen molar-refractivity contribution in [3.8, 4) is 0 Å². The van der Waals surface area contributed by atoms with E-state index in [1.807, 2.05) is 0 Å². The molecule has 0 aromatic heterocycles. The first kappa shape index (κ1) is 18.0. The van der Waals surface area contributed by atoms with Gasteiger partial charge in [0, 0.05) is 0 Å². The minimum Gasteiger partial charge on any atom is -0.320 e. The van der Waals surface area contributed by atoms with Crippen molar-refractivity contribution in [1.82, 2.24) is 5.32 Å². The molecule has 0 heterocycles. The van der Waals surface area contributed by atoms with Crippen molar-refractivity contribution >= 4 is 0 Å². The van der Waals surface area contributed by atoms with E-state index in [0.717, 1.165) is 5.92 Å². The van der Waals surface area contributed by atoms with Gasteiger partial charge in [-0.2, -0.15) is 0 Å². The van der Waals surface area contributed by atoms with E-state index < -0.39 is 0 Å². The van der Waals surface area contributed by atoms with Crippen molar-refractivity contribution in [2.24, 2.45) is 5.92 Å². The lowest BCUT2D eigenvalue weighted by atomic mass is 9.90. The monoisotopic (exact) mass is 255 g/mol. The van der Waals surface area contributed by atoms with E-state index in [2.05, 4.69) is 26.2 Å². The Hall–Kier alpha value is -0.0400. The quantitative estimate of drug-likeness (QED) is 0.402. The van der Waals surface area contributed by atoms with Crippen LogP contribution in [0.25, 0.3) is 0 Å². The number of hydrogen-bond donors (Lipinski definition) is 1. The Morgan fingerprint density at radius 2 is 1.17 bits per heavy atom. The van der Waals surface area contributed by atoms with Crippen LogP contribution in [-0.4, -0.2) is 13.6 Å². The van der Waals surface area contributed by atoms with Crippen LogP contribution in [0.4, 0.5) is 0 Å². The number of rotatable bonds is 14. The summed E-state index contributed by atoms with van der Waals surface area (Å²) in [5.74, 6) is 1.02. The summed E-state index contributed by atoms with van der Waals surface area (Å²) in [4.78, 5) is 0. The second-order valence-electron chi connectivity index (χ2n) is 5.81. The summed E-state index contributed by atoms with van der Waals surface area (Å²) < 4.78 is 0. The number of nitrogens with one attached hydrogen (secondary N) is 1. The molecule has 0 saturated carbocycles. The van der Waals surface area contributed by atoms with Gasteiger partial charge in [0.15, 0.2) is 0 Å². The Kier molecular flexibility index (Phi) is 15.0. The third-order valence-corrected chi connectivity index (χ3v) is 3.97. The van der Waals surface area contributed by atoms with Gasteiger partial charge in [0.1, 0.15) is 0 Å². The number of unbranched alkanes of at least 4 members (excludes halogenated alkanes) is 6. The third-order valence-electron chi connectivity index (χ3n) is 3.97. The van der Waals surface area contributed by atoms with Gasteiger partial charge in [-0.1, -0.05) is 84.5 Å². The smallest absolute Gasteiger partial charge is 0.00519 e. The van der Waals surface area contributed by atoms with E-state index >= 15 is 0 Å². The molecule has 0 aromatic rings. The molecule has 0 aliphatic rings. The summed E-state index contributed by atoms with van der Waals surface area (Å²) in [6.45, 7) is 5.80. The Labute approximate surface area is 116 Å². The maximum absolute atomic E-state index is 3.25. The van der Waals surface area contributed by atoms with Crippen LogP contribution in [0.15, 0.2) is 0 Å². The molecule has 1 heteroatoms. The Balaban J connectivity index is 3.62. The fraction of sp³-hybridized carbons (Fsp3) is 1.00. The zero-order chi connectivity index (χ0) is 13.5. The normalized spacial score (nSPS) is 12.8. The molecule has 0 spiro atoms. The highest BCUT2D eigenvalue weighted by Crippen LogP contribution is 2.23. The van der Waals surface area contributed by atoms with Crippen molar-refractivity contribution in [2.75, 3.05) is 13.6 Å². The first-order chi connectivity index (χ1) is 8.85. The maximum atomic E-state index is 3.25. The van der Waals surface area contributed by atoms with E-state index in [4.69, 9.17) is 0 Å². The van der Waals surface area contributed by atoms with Crippen LogP contribution in [0.3, 0.4) is 0 Å². The van der Waals surface area contributed by atoms with E-state index in [0.29, 0.717) is 0 Å². The predicted molar refractivity (Wildman–Crippen MR) is 84.2 cm³/mol. The molecule has 110 valence electrons. The second kappa shape index (κ2) is 15.0. The second-order valence-corrected chi connectivity index (χ2v) is 5.81. The first-order valence-electron chi connectivity index (χ1n) is 8.49.